The highest BCUT2D eigenvalue weighted by atomic mass is 16.6. The molecule has 0 aliphatic carbocycles. The molecular formula is C21H22N6O6. The molecule has 2 aromatic carbocycles. The number of hydrogen-bond acceptors (Lipinski definition) is 10. The molecule has 0 aliphatic rings. The Labute approximate surface area is 188 Å². The van der Waals surface area contributed by atoms with Gasteiger partial charge in [-0.05, 0) is 44.2 Å². The van der Waals surface area contributed by atoms with Crippen LogP contribution in [0.25, 0.3) is 11.3 Å². The van der Waals surface area contributed by atoms with Crippen LogP contribution in [0.4, 0.5) is 11.6 Å². The predicted molar refractivity (Wildman–Crippen MR) is 121 cm³/mol. The van der Waals surface area contributed by atoms with E-state index < -0.39 is 10.5 Å². The van der Waals surface area contributed by atoms with Crippen molar-refractivity contribution in [3.63, 3.8) is 0 Å². The third-order valence-corrected chi connectivity index (χ3v) is 4.29. The van der Waals surface area contributed by atoms with Crippen molar-refractivity contribution < 1.29 is 19.1 Å². The van der Waals surface area contributed by atoms with Crippen molar-refractivity contribution >= 4 is 17.9 Å². The highest BCUT2D eigenvalue weighted by Gasteiger charge is 2.22. The lowest BCUT2D eigenvalue weighted by Crippen LogP contribution is -2.15. The Hall–Kier alpha value is -4.48. The summed E-state index contributed by atoms with van der Waals surface area (Å²) in [5.41, 5.74) is 2.92. The summed E-state index contributed by atoms with van der Waals surface area (Å²) in [5, 5.41) is 23.3. The molecule has 3 aromatic rings. The standard InChI is InChI=1S/C21H22N6O6/c1-4-32-17-11-13(10-16(27(29)30)19(17)33-5-2)12-22-25-21-23-20(28)18(24-26-21)14-6-8-15(31-3)9-7-14/h6-12H,4-5H2,1-3H3,(H2,23,25,26,28)/b22-12+. The van der Waals surface area contributed by atoms with Crippen molar-refractivity contribution in [1.82, 2.24) is 15.2 Å². The van der Waals surface area contributed by atoms with E-state index in [1.54, 1.807) is 51.3 Å². The average Bonchev–Trinajstić information content (AvgIpc) is 2.81. The molecule has 0 unspecified atom stereocenters. The Kier molecular flexibility index (Phi) is 7.52. The SMILES string of the molecule is CCOc1cc(/C=N/Nc2nnc(-c3ccc(OC)cc3)c(=O)[nH]2)cc([N+](=O)[O-])c1OCC. The van der Waals surface area contributed by atoms with E-state index in [1.807, 2.05) is 0 Å². The summed E-state index contributed by atoms with van der Waals surface area (Å²) in [6.45, 7) is 4.02. The Morgan fingerprint density at radius 1 is 1.15 bits per heavy atom. The van der Waals surface area contributed by atoms with Gasteiger partial charge in [-0.1, -0.05) is 0 Å². The Morgan fingerprint density at radius 2 is 1.88 bits per heavy atom. The molecule has 172 valence electrons. The van der Waals surface area contributed by atoms with Crippen molar-refractivity contribution in [2.75, 3.05) is 25.7 Å². The van der Waals surface area contributed by atoms with Gasteiger partial charge >= 0.3 is 5.69 Å². The summed E-state index contributed by atoms with van der Waals surface area (Å²) in [6, 6.07) is 9.67. The van der Waals surface area contributed by atoms with E-state index in [9.17, 15) is 14.9 Å². The number of hydrazone groups is 1. The maximum absolute atomic E-state index is 12.4. The Balaban J connectivity index is 1.81. The summed E-state index contributed by atoms with van der Waals surface area (Å²) >= 11 is 0. The molecule has 2 N–H and O–H groups in total. The molecule has 3 rings (SSSR count). The van der Waals surface area contributed by atoms with Gasteiger partial charge < -0.3 is 14.2 Å². The van der Waals surface area contributed by atoms with Gasteiger partial charge in [0.2, 0.25) is 11.7 Å². The van der Waals surface area contributed by atoms with Crippen LogP contribution in [0.5, 0.6) is 17.2 Å². The fraction of sp³-hybridized carbons (Fsp3) is 0.238. The molecule has 0 radical (unpaired) electrons. The number of aromatic nitrogens is 3. The molecule has 0 spiro atoms. The monoisotopic (exact) mass is 454 g/mol. The van der Waals surface area contributed by atoms with Gasteiger partial charge in [-0.15, -0.1) is 10.2 Å². The highest BCUT2D eigenvalue weighted by Crippen LogP contribution is 2.38. The number of nitrogens with one attached hydrogen (secondary N) is 2. The summed E-state index contributed by atoms with van der Waals surface area (Å²) < 4.78 is 16.0. The Morgan fingerprint density at radius 3 is 2.48 bits per heavy atom. The second kappa shape index (κ2) is 10.7. The summed E-state index contributed by atoms with van der Waals surface area (Å²) in [6.07, 6.45) is 1.32. The summed E-state index contributed by atoms with van der Waals surface area (Å²) in [7, 11) is 1.55. The van der Waals surface area contributed by atoms with Crippen molar-refractivity contribution in [3.05, 3.63) is 62.4 Å². The van der Waals surface area contributed by atoms with Gasteiger partial charge in [-0.3, -0.25) is 19.9 Å². The number of H-pyrrole nitrogens is 1. The molecule has 12 heteroatoms. The first kappa shape index (κ1) is 23.2. The van der Waals surface area contributed by atoms with Crippen LogP contribution in [-0.2, 0) is 0 Å². The normalized spacial score (nSPS) is 10.8. The van der Waals surface area contributed by atoms with Gasteiger partial charge in [0.05, 0.1) is 31.5 Å². The molecule has 0 aliphatic heterocycles. The number of nitrogens with zero attached hydrogens (tertiary/aromatic N) is 4. The molecule has 0 fully saturated rings. The summed E-state index contributed by atoms with van der Waals surface area (Å²) in [4.78, 5) is 25.8. The smallest absolute Gasteiger partial charge is 0.315 e. The van der Waals surface area contributed by atoms with Crippen LogP contribution in [-0.4, -0.2) is 46.6 Å². The number of aromatic amines is 1. The van der Waals surface area contributed by atoms with Crippen molar-refractivity contribution in [1.29, 1.82) is 0 Å². The van der Waals surface area contributed by atoms with Gasteiger partial charge in [0.25, 0.3) is 5.56 Å². The van der Waals surface area contributed by atoms with Crippen LogP contribution in [0.1, 0.15) is 19.4 Å². The number of nitro benzene ring substituents is 1. The third kappa shape index (κ3) is 5.61. The molecule has 12 nitrogen and oxygen atoms in total. The van der Waals surface area contributed by atoms with E-state index in [1.165, 1.54) is 12.3 Å². The molecule has 0 atom stereocenters. The zero-order chi connectivity index (χ0) is 23.8. The zero-order valence-electron chi connectivity index (χ0n) is 18.2. The second-order valence-corrected chi connectivity index (χ2v) is 6.44. The van der Waals surface area contributed by atoms with Gasteiger partial charge in [-0.25, -0.2) is 5.43 Å². The number of nitro groups is 1. The quantitative estimate of drug-likeness (QED) is 0.267. The maximum atomic E-state index is 12.4. The lowest BCUT2D eigenvalue weighted by molar-refractivity contribution is -0.385. The lowest BCUT2D eigenvalue weighted by Gasteiger charge is -2.11. The van der Waals surface area contributed by atoms with Crippen LogP contribution < -0.4 is 25.2 Å². The largest absolute Gasteiger partial charge is 0.497 e. The maximum Gasteiger partial charge on any atom is 0.315 e. The van der Waals surface area contributed by atoms with Crippen molar-refractivity contribution in [3.8, 4) is 28.5 Å². The van der Waals surface area contributed by atoms with Crippen molar-refractivity contribution in [2.24, 2.45) is 5.10 Å². The van der Waals surface area contributed by atoms with Gasteiger partial charge in [0, 0.05) is 17.2 Å². The topological polar surface area (TPSA) is 154 Å². The molecule has 0 saturated heterocycles. The average molecular weight is 454 g/mol. The third-order valence-electron chi connectivity index (χ3n) is 4.29. The minimum Gasteiger partial charge on any atom is -0.497 e. The van der Waals surface area contributed by atoms with Crippen LogP contribution in [0, 0.1) is 10.1 Å². The first-order chi connectivity index (χ1) is 16.0. The van der Waals surface area contributed by atoms with E-state index in [0.717, 1.165) is 0 Å². The molecular weight excluding hydrogens is 432 g/mol. The molecule has 1 aromatic heterocycles. The second-order valence-electron chi connectivity index (χ2n) is 6.44. The number of anilines is 1. The highest BCUT2D eigenvalue weighted by molar-refractivity contribution is 5.83. The first-order valence-corrected chi connectivity index (χ1v) is 9.95. The fourth-order valence-electron chi connectivity index (χ4n) is 2.86. The molecule has 1 heterocycles. The number of ether oxygens (including phenoxy) is 3. The number of benzene rings is 2. The van der Waals surface area contributed by atoms with E-state index in [-0.39, 0.29) is 35.4 Å². The van der Waals surface area contributed by atoms with Crippen LogP contribution >= 0.6 is 0 Å². The van der Waals surface area contributed by atoms with Gasteiger partial charge in [0.15, 0.2) is 11.4 Å². The molecule has 33 heavy (non-hydrogen) atoms. The molecule has 0 amide bonds. The minimum absolute atomic E-state index is 0.000945. The van der Waals surface area contributed by atoms with E-state index in [4.69, 9.17) is 14.2 Å². The van der Waals surface area contributed by atoms with Crippen LogP contribution in [0.2, 0.25) is 0 Å². The molecule has 0 saturated carbocycles. The van der Waals surface area contributed by atoms with E-state index in [0.29, 0.717) is 23.5 Å². The Bertz CT molecular complexity index is 1210. The van der Waals surface area contributed by atoms with Crippen LogP contribution in [0.15, 0.2) is 46.3 Å². The molecule has 0 bridgehead atoms. The zero-order valence-corrected chi connectivity index (χ0v) is 18.2. The van der Waals surface area contributed by atoms with E-state index in [2.05, 4.69) is 25.7 Å². The minimum atomic E-state index is -0.556. The van der Waals surface area contributed by atoms with Crippen LogP contribution in [0.3, 0.4) is 0 Å². The summed E-state index contributed by atoms with van der Waals surface area (Å²) in [5.74, 6) is 0.933. The van der Waals surface area contributed by atoms with Gasteiger partial charge in [0.1, 0.15) is 5.75 Å². The lowest BCUT2D eigenvalue weighted by atomic mass is 10.1. The predicted octanol–water partition coefficient (Wildman–Crippen LogP) is 2.99. The first-order valence-electron chi connectivity index (χ1n) is 9.95. The number of hydrogen-bond donors (Lipinski definition) is 2. The van der Waals surface area contributed by atoms with Gasteiger partial charge in [-0.2, -0.15) is 5.10 Å². The number of rotatable bonds is 10. The van der Waals surface area contributed by atoms with Crippen molar-refractivity contribution in [2.45, 2.75) is 13.8 Å². The fourth-order valence-corrected chi connectivity index (χ4v) is 2.86. The number of methoxy groups -OCH3 is 1. The van der Waals surface area contributed by atoms with E-state index >= 15 is 0 Å².